The lowest BCUT2D eigenvalue weighted by Gasteiger charge is -2.24. The summed E-state index contributed by atoms with van der Waals surface area (Å²) in [5.74, 6) is -6.79. The molecule has 39 heavy (non-hydrogen) atoms. The van der Waals surface area contributed by atoms with Gasteiger partial charge in [-0.1, -0.05) is 12.1 Å². The number of hydrogen-bond donors (Lipinski definition) is 9. The van der Waals surface area contributed by atoms with E-state index in [2.05, 4.69) is 25.9 Å². The van der Waals surface area contributed by atoms with E-state index in [0.717, 1.165) is 0 Å². The van der Waals surface area contributed by atoms with Crippen LogP contribution in [0.15, 0.2) is 36.8 Å². The Bertz CT molecular complexity index is 1190. The van der Waals surface area contributed by atoms with Crippen LogP contribution in [-0.4, -0.2) is 85.0 Å². The number of carboxylic acids is 2. The average molecular weight is 548 g/mol. The third kappa shape index (κ3) is 10.1. The number of carboxylic acid groups (broad SMARTS) is 2. The molecule has 4 amide bonds. The lowest BCUT2D eigenvalue weighted by molar-refractivity contribution is -0.143. The van der Waals surface area contributed by atoms with Crippen molar-refractivity contribution in [2.24, 2.45) is 11.5 Å². The summed E-state index contributed by atoms with van der Waals surface area (Å²) in [6.07, 6.45) is 0.870. The summed E-state index contributed by atoms with van der Waals surface area (Å²) < 4.78 is 0. The van der Waals surface area contributed by atoms with Gasteiger partial charge in [-0.15, -0.1) is 0 Å². The molecular weight excluding hydrogens is 518 g/mol. The molecule has 11 N–H and O–H groups in total. The Morgan fingerprint density at radius 1 is 0.846 bits per heavy atom. The van der Waals surface area contributed by atoms with Gasteiger partial charge in [0.2, 0.25) is 23.6 Å². The van der Waals surface area contributed by atoms with Crippen molar-refractivity contribution in [2.45, 2.75) is 49.9 Å². The van der Waals surface area contributed by atoms with Crippen LogP contribution in [0, 0.1) is 0 Å². The molecule has 210 valence electrons. The molecule has 16 heteroatoms. The van der Waals surface area contributed by atoms with E-state index in [0.29, 0.717) is 11.3 Å². The number of primary amides is 1. The molecule has 2 aromatic rings. The summed E-state index contributed by atoms with van der Waals surface area (Å²) in [5.41, 5.74) is 11.4. The van der Waals surface area contributed by atoms with Crippen molar-refractivity contribution in [3.8, 4) is 5.75 Å². The number of rotatable bonds is 15. The van der Waals surface area contributed by atoms with E-state index in [9.17, 15) is 44.1 Å². The molecule has 0 saturated carbocycles. The van der Waals surface area contributed by atoms with Gasteiger partial charge in [0.25, 0.3) is 0 Å². The smallest absolute Gasteiger partial charge is 0.326 e. The summed E-state index contributed by atoms with van der Waals surface area (Å²) in [4.78, 5) is 79.1. The Morgan fingerprint density at radius 2 is 1.44 bits per heavy atom. The SMILES string of the molecule is NC(=O)CC(N)C(=O)NC(CC(=O)O)C(=O)NC(Cc1cnc[nH]1)C(=O)NC(Cc1ccc(O)cc1)C(=O)O. The summed E-state index contributed by atoms with van der Waals surface area (Å²) >= 11 is 0. The second-order valence-corrected chi connectivity index (χ2v) is 8.55. The minimum absolute atomic E-state index is 0.0319. The lowest BCUT2D eigenvalue weighted by atomic mass is 10.0. The average Bonchev–Trinajstić information content (AvgIpc) is 3.36. The summed E-state index contributed by atoms with van der Waals surface area (Å²) in [5, 5.41) is 35.0. The number of imidazole rings is 1. The number of aromatic amines is 1. The minimum Gasteiger partial charge on any atom is -0.508 e. The molecule has 4 atom stereocenters. The molecule has 0 bridgehead atoms. The van der Waals surface area contributed by atoms with E-state index in [4.69, 9.17) is 11.5 Å². The minimum atomic E-state index is -1.70. The first-order valence-corrected chi connectivity index (χ1v) is 11.5. The number of phenolic OH excluding ortho intramolecular Hbond substituents is 1. The Labute approximate surface area is 221 Å². The van der Waals surface area contributed by atoms with Crippen LogP contribution in [0.5, 0.6) is 5.75 Å². The molecule has 0 fully saturated rings. The predicted molar refractivity (Wildman–Crippen MR) is 132 cm³/mol. The van der Waals surface area contributed by atoms with Gasteiger partial charge in [-0.25, -0.2) is 9.78 Å². The zero-order chi connectivity index (χ0) is 29.1. The van der Waals surface area contributed by atoms with Crippen LogP contribution in [0.1, 0.15) is 24.1 Å². The van der Waals surface area contributed by atoms with Gasteiger partial charge in [-0.05, 0) is 17.7 Å². The fourth-order valence-corrected chi connectivity index (χ4v) is 3.41. The van der Waals surface area contributed by atoms with Gasteiger partial charge < -0.3 is 47.7 Å². The Morgan fingerprint density at radius 3 is 1.97 bits per heavy atom. The Kier molecular flexibility index (Phi) is 10.9. The number of benzene rings is 1. The molecule has 1 aromatic carbocycles. The van der Waals surface area contributed by atoms with Crippen LogP contribution >= 0.6 is 0 Å². The van der Waals surface area contributed by atoms with Crippen molar-refractivity contribution >= 4 is 35.6 Å². The van der Waals surface area contributed by atoms with Crippen molar-refractivity contribution in [3.63, 3.8) is 0 Å². The number of amides is 4. The van der Waals surface area contributed by atoms with E-state index < -0.39 is 72.6 Å². The van der Waals surface area contributed by atoms with E-state index in [1.165, 1.54) is 36.8 Å². The highest BCUT2D eigenvalue weighted by Crippen LogP contribution is 2.12. The molecule has 4 unspecified atom stereocenters. The van der Waals surface area contributed by atoms with Gasteiger partial charge in [0, 0.05) is 24.7 Å². The molecule has 1 aromatic heterocycles. The number of hydrogen-bond acceptors (Lipinski definition) is 9. The topological polar surface area (TPSA) is 280 Å². The largest absolute Gasteiger partial charge is 0.508 e. The summed E-state index contributed by atoms with van der Waals surface area (Å²) in [7, 11) is 0. The molecule has 2 rings (SSSR count). The monoisotopic (exact) mass is 547 g/mol. The molecule has 0 saturated heterocycles. The van der Waals surface area contributed by atoms with Crippen LogP contribution in [-0.2, 0) is 41.6 Å². The fraction of sp³-hybridized carbons (Fsp3) is 0.348. The van der Waals surface area contributed by atoms with Crippen LogP contribution in [0.2, 0.25) is 0 Å². The summed E-state index contributed by atoms with van der Waals surface area (Å²) in [6, 6.07) is -0.346. The molecular formula is C23H29N7O9. The number of nitrogens with two attached hydrogens (primary N) is 2. The third-order valence-corrected chi connectivity index (χ3v) is 5.37. The van der Waals surface area contributed by atoms with Crippen LogP contribution in [0.4, 0.5) is 0 Å². The predicted octanol–water partition coefficient (Wildman–Crippen LogP) is -2.88. The van der Waals surface area contributed by atoms with E-state index >= 15 is 0 Å². The number of H-pyrrole nitrogens is 1. The van der Waals surface area contributed by atoms with Gasteiger partial charge >= 0.3 is 11.9 Å². The number of nitrogens with one attached hydrogen (secondary N) is 4. The van der Waals surface area contributed by atoms with Crippen molar-refractivity contribution in [1.82, 2.24) is 25.9 Å². The van der Waals surface area contributed by atoms with E-state index in [1.54, 1.807) is 0 Å². The van der Waals surface area contributed by atoms with Gasteiger partial charge in [0.15, 0.2) is 0 Å². The zero-order valence-corrected chi connectivity index (χ0v) is 20.5. The second kappa shape index (κ2) is 14.1. The first kappa shape index (κ1) is 30.2. The number of aliphatic carboxylic acids is 2. The van der Waals surface area contributed by atoms with Crippen LogP contribution < -0.4 is 27.4 Å². The number of nitrogens with zero attached hydrogens (tertiary/aromatic N) is 1. The molecule has 0 aliphatic rings. The highest BCUT2D eigenvalue weighted by atomic mass is 16.4. The lowest BCUT2D eigenvalue weighted by Crippen LogP contribution is -2.58. The maximum Gasteiger partial charge on any atom is 0.326 e. The highest BCUT2D eigenvalue weighted by Gasteiger charge is 2.32. The molecule has 0 spiro atoms. The molecule has 1 heterocycles. The van der Waals surface area contributed by atoms with Crippen molar-refractivity contribution in [1.29, 1.82) is 0 Å². The molecule has 0 aliphatic heterocycles. The van der Waals surface area contributed by atoms with Crippen LogP contribution in [0.3, 0.4) is 0 Å². The van der Waals surface area contributed by atoms with Gasteiger partial charge in [0.1, 0.15) is 23.9 Å². The number of phenols is 1. The number of carbonyl (C=O) groups is 6. The van der Waals surface area contributed by atoms with Crippen molar-refractivity contribution in [2.75, 3.05) is 0 Å². The third-order valence-electron chi connectivity index (χ3n) is 5.37. The maximum atomic E-state index is 13.1. The van der Waals surface area contributed by atoms with Crippen molar-refractivity contribution < 1.29 is 44.1 Å². The second-order valence-electron chi connectivity index (χ2n) is 8.55. The summed E-state index contributed by atoms with van der Waals surface area (Å²) in [6.45, 7) is 0. The van der Waals surface area contributed by atoms with E-state index in [-0.39, 0.29) is 18.6 Å². The maximum absolute atomic E-state index is 13.1. The van der Waals surface area contributed by atoms with Gasteiger partial charge in [-0.2, -0.15) is 0 Å². The Hall–Kier alpha value is -4.99. The molecule has 0 radical (unpaired) electrons. The molecule has 0 aliphatic carbocycles. The normalized spacial score (nSPS) is 13.8. The quantitative estimate of drug-likeness (QED) is 0.109. The number of aromatic nitrogens is 2. The van der Waals surface area contributed by atoms with E-state index in [1.807, 2.05) is 0 Å². The first-order valence-electron chi connectivity index (χ1n) is 11.5. The fourth-order valence-electron chi connectivity index (χ4n) is 3.41. The zero-order valence-electron chi connectivity index (χ0n) is 20.5. The van der Waals surface area contributed by atoms with Crippen molar-refractivity contribution in [3.05, 3.63) is 48.0 Å². The standard InChI is InChI=1S/C23H29N7O9/c24-14(7-18(25)32)20(35)28-16(8-19(33)34)22(37)29-15(6-12-9-26-10-27-12)21(36)30-17(23(38)39)5-11-1-3-13(31)4-2-11/h1-4,9-10,14-17,31H,5-8,24H2,(H2,25,32)(H,26,27)(H,28,35)(H,29,37)(H,30,36)(H,33,34)(H,38,39). The van der Waals surface area contributed by atoms with Crippen LogP contribution in [0.25, 0.3) is 0 Å². The number of aromatic hydroxyl groups is 1. The highest BCUT2D eigenvalue weighted by molar-refractivity contribution is 5.96. The Balaban J connectivity index is 2.22. The molecule has 16 nitrogen and oxygen atoms in total. The van der Waals surface area contributed by atoms with Gasteiger partial charge in [-0.3, -0.25) is 24.0 Å². The number of carbonyl (C=O) groups excluding carboxylic acids is 4. The van der Waals surface area contributed by atoms with Gasteiger partial charge in [0.05, 0.1) is 25.2 Å². The first-order chi connectivity index (χ1) is 18.3.